The number of benzene rings is 1. The second-order valence-corrected chi connectivity index (χ2v) is 5.51. The van der Waals surface area contributed by atoms with Crippen molar-refractivity contribution in [2.45, 2.75) is 39.2 Å². The van der Waals surface area contributed by atoms with Crippen molar-refractivity contribution in [2.24, 2.45) is 5.41 Å². The number of amides is 1. The molecule has 19 heavy (non-hydrogen) atoms. The molecule has 0 aliphatic heterocycles. The van der Waals surface area contributed by atoms with Gasteiger partial charge in [0.1, 0.15) is 0 Å². The summed E-state index contributed by atoms with van der Waals surface area (Å²) < 4.78 is 0. The lowest BCUT2D eigenvalue weighted by atomic mass is 9.85. The maximum Gasteiger partial charge on any atom is 0.311 e. The average Bonchev–Trinajstić information content (AvgIpc) is 2.73. The number of carbonyl (C=O) groups excluding carboxylic acids is 1. The van der Waals surface area contributed by atoms with Gasteiger partial charge in [-0.2, -0.15) is 0 Å². The molecule has 0 heterocycles. The first kappa shape index (κ1) is 13.6. The summed E-state index contributed by atoms with van der Waals surface area (Å²) in [4.78, 5) is 23.5. The number of aliphatic carboxylic acids is 1. The highest BCUT2D eigenvalue weighted by molar-refractivity contribution is 5.95. The smallest absolute Gasteiger partial charge is 0.311 e. The van der Waals surface area contributed by atoms with Crippen LogP contribution in [0, 0.1) is 12.3 Å². The van der Waals surface area contributed by atoms with Gasteiger partial charge in [0.2, 0.25) is 0 Å². The van der Waals surface area contributed by atoms with Gasteiger partial charge in [0.25, 0.3) is 5.91 Å². The zero-order chi connectivity index (χ0) is 14.0. The van der Waals surface area contributed by atoms with Gasteiger partial charge in [-0.25, -0.2) is 0 Å². The molecular formula is C15H19NO3. The molecule has 1 aromatic carbocycles. The van der Waals surface area contributed by atoms with Crippen molar-refractivity contribution in [3.05, 3.63) is 35.4 Å². The lowest BCUT2D eigenvalue weighted by Crippen LogP contribution is -2.47. The highest BCUT2D eigenvalue weighted by atomic mass is 16.4. The molecule has 0 radical (unpaired) electrons. The average molecular weight is 261 g/mol. The summed E-state index contributed by atoms with van der Waals surface area (Å²) in [5, 5.41) is 12.2. The van der Waals surface area contributed by atoms with E-state index in [2.05, 4.69) is 5.32 Å². The summed E-state index contributed by atoms with van der Waals surface area (Å²) in [6.45, 7) is 3.67. The van der Waals surface area contributed by atoms with Crippen molar-refractivity contribution in [1.29, 1.82) is 0 Å². The van der Waals surface area contributed by atoms with Crippen molar-refractivity contribution in [1.82, 2.24) is 5.32 Å². The molecule has 2 rings (SSSR count). The molecule has 2 N–H and O–H groups in total. The van der Waals surface area contributed by atoms with E-state index in [0.717, 1.165) is 18.4 Å². The van der Waals surface area contributed by atoms with Crippen molar-refractivity contribution in [3.63, 3.8) is 0 Å². The van der Waals surface area contributed by atoms with Crippen LogP contribution in [-0.2, 0) is 4.79 Å². The lowest BCUT2D eigenvalue weighted by Gasteiger charge is -2.27. The number of aryl methyl sites for hydroxylation is 1. The highest BCUT2D eigenvalue weighted by Gasteiger charge is 2.45. The summed E-state index contributed by atoms with van der Waals surface area (Å²) in [7, 11) is 0. The van der Waals surface area contributed by atoms with Gasteiger partial charge in [0.05, 0.1) is 5.41 Å². The fourth-order valence-corrected chi connectivity index (χ4v) is 2.60. The van der Waals surface area contributed by atoms with Crippen LogP contribution >= 0.6 is 0 Å². The Morgan fingerprint density at radius 1 is 1.32 bits per heavy atom. The summed E-state index contributed by atoms with van der Waals surface area (Å²) in [6.07, 6.45) is 2.17. The molecule has 1 aliphatic carbocycles. The van der Waals surface area contributed by atoms with E-state index in [9.17, 15) is 14.7 Å². The number of rotatable bonds is 3. The fourth-order valence-electron chi connectivity index (χ4n) is 2.60. The van der Waals surface area contributed by atoms with E-state index < -0.39 is 11.4 Å². The van der Waals surface area contributed by atoms with Gasteiger partial charge < -0.3 is 10.4 Å². The number of carbonyl (C=O) groups is 2. The topological polar surface area (TPSA) is 66.4 Å². The number of hydrogen-bond donors (Lipinski definition) is 2. The van der Waals surface area contributed by atoms with Crippen LogP contribution in [0.3, 0.4) is 0 Å². The minimum absolute atomic E-state index is 0.195. The van der Waals surface area contributed by atoms with Crippen molar-refractivity contribution in [3.8, 4) is 0 Å². The largest absolute Gasteiger partial charge is 0.481 e. The molecular weight excluding hydrogens is 242 g/mol. The third-order valence-corrected chi connectivity index (χ3v) is 4.07. The molecule has 2 unspecified atom stereocenters. The first-order valence-electron chi connectivity index (χ1n) is 6.54. The Kier molecular flexibility index (Phi) is 3.60. The first-order chi connectivity index (χ1) is 8.93. The quantitative estimate of drug-likeness (QED) is 0.877. The minimum Gasteiger partial charge on any atom is -0.481 e. The molecule has 102 valence electrons. The van der Waals surface area contributed by atoms with Crippen LogP contribution in [0.5, 0.6) is 0 Å². The van der Waals surface area contributed by atoms with Crippen LogP contribution < -0.4 is 5.32 Å². The van der Waals surface area contributed by atoms with Crippen molar-refractivity contribution >= 4 is 11.9 Å². The van der Waals surface area contributed by atoms with Crippen LogP contribution in [0.15, 0.2) is 24.3 Å². The minimum atomic E-state index is -0.847. The van der Waals surface area contributed by atoms with Crippen LogP contribution in [0.1, 0.15) is 42.1 Å². The monoisotopic (exact) mass is 261 g/mol. The van der Waals surface area contributed by atoms with E-state index in [1.807, 2.05) is 19.1 Å². The predicted molar refractivity (Wildman–Crippen MR) is 72.0 cm³/mol. The summed E-state index contributed by atoms with van der Waals surface area (Å²) >= 11 is 0. The van der Waals surface area contributed by atoms with Gasteiger partial charge in [0.15, 0.2) is 0 Å². The second-order valence-electron chi connectivity index (χ2n) is 5.51. The fraction of sp³-hybridized carbons (Fsp3) is 0.467. The van der Waals surface area contributed by atoms with Crippen molar-refractivity contribution < 1.29 is 14.7 Å². The Balaban J connectivity index is 2.10. The summed E-state index contributed by atoms with van der Waals surface area (Å²) in [5.74, 6) is -1.03. The van der Waals surface area contributed by atoms with Gasteiger partial charge in [-0.1, -0.05) is 24.1 Å². The Morgan fingerprint density at radius 3 is 2.53 bits per heavy atom. The van der Waals surface area contributed by atoms with Crippen LogP contribution in [0.25, 0.3) is 0 Å². The first-order valence-corrected chi connectivity index (χ1v) is 6.54. The Morgan fingerprint density at radius 2 is 1.95 bits per heavy atom. The number of carboxylic acids is 1. The van der Waals surface area contributed by atoms with E-state index in [0.29, 0.717) is 12.0 Å². The standard InChI is InChI=1S/C15H19NO3/c1-10-5-7-11(8-6-10)13(17)16-12-4-3-9-15(12,2)14(18)19/h5-8,12H,3-4,9H2,1-2H3,(H,16,17)(H,18,19). The van der Waals surface area contributed by atoms with Crippen LogP contribution in [0.4, 0.5) is 0 Å². The SMILES string of the molecule is Cc1ccc(C(=O)NC2CCCC2(C)C(=O)O)cc1. The Labute approximate surface area is 112 Å². The summed E-state index contributed by atoms with van der Waals surface area (Å²) in [6, 6.07) is 6.98. The molecule has 1 saturated carbocycles. The maximum atomic E-state index is 12.1. The van der Waals surface area contributed by atoms with Gasteiger partial charge in [-0.05, 0) is 38.8 Å². The zero-order valence-corrected chi connectivity index (χ0v) is 11.3. The maximum absolute atomic E-state index is 12.1. The molecule has 0 saturated heterocycles. The van der Waals surface area contributed by atoms with Crippen LogP contribution in [-0.4, -0.2) is 23.0 Å². The molecule has 0 bridgehead atoms. The molecule has 0 aromatic heterocycles. The molecule has 1 amide bonds. The van der Waals surface area contributed by atoms with E-state index in [1.165, 1.54) is 0 Å². The third-order valence-electron chi connectivity index (χ3n) is 4.07. The molecule has 1 aliphatic rings. The predicted octanol–water partition coefficient (Wildman–Crippen LogP) is 2.37. The van der Waals surface area contributed by atoms with Crippen molar-refractivity contribution in [2.75, 3.05) is 0 Å². The molecule has 4 nitrogen and oxygen atoms in total. The van der Waals surface area contributed by atoms with Gasteiger partial charge in [-0.3, -0.25) is 9.59 Å². The third kappa shape index (κ3) is 2.62. The molecule has 1 aromatic rings. The van der Waals surface area contributed by atoms with Gasteiger partial charge in [0, 0.05) is 11.6 Å². The summed E-state index contributed by atoms with van der Waals surface area (Å²) in [5.41, 5.74) is 0.818. The second kappa shape index (κ2) is 5.03. The van der Waals surface area contributed by atoms with E-state index >= 15 is 0 Å². The van der Waals surface area contributed by atoms with E-state index in [1.54, 1.807) is 19.1 Å². The zero-order valence-electron chi connectivity index (χ0n) is 11.3. The Bertz CT molecular complexity index is 495. The Hall–Kier alpha value is -1.84. The normalized spacial score (nSPS) is 26.1. The molecule has 1 fully saturated rings. The lowest BCUT2D eigenvalue weighted by molar-refractivity contribution is -0.148. The number of carboxylic acid groups (broad SMARTS) is 1. The molecule has 2 atom stereocenters. The van der Waals surface area contributed by atoms with Crippen LogP contribution in [0.2, 0.25) is 0 Å². The van der Waals surface area contributed by atoms with E-state index in [-0.39, 0.29) is 11.9 Å². The highest BCUT2D eigenvalue weighted by Crippen LogP contribution is 2.38. The van der Waals surface area contributed by atoms with E-state index in [4.69, 9.17) is 0 Å². The van der Waals surface area contributed by atoms with Gasteiger partial charge >= 0.3 is 5.97 Å². The van der Waals surface area contributed by atoms with Gasteiger partial charge in [-0.15, -0.1) is 0 Å². The molecule has 0 spiro atoms. The number of hydrogen-bond acceptors (Lipinski definition) is 2. The number of nitrogens with one attached hydrogen (secondary N) is 1. The molecule has 4 heteroatoms.